The molecule has 1 aromatic carbocycles. The van der Waals surface area contributed by atoms with Crippen molar-refractivity contribution >= 4 is 11.6 Å². The molecule has 2 nitrogen and oxygen atoms in total. The third kappa shape index (κ3) is 4.51. The molecule has 0 spiro atoms. The molecule has 0 fully saturated rings. The molecule has 18 heavy (non-hydrogen) atoms. The summed E-state index contributed by atoms with van der Waals surface area (Å²) < 4.78 is 5.29. The van der Waals surface area contributed by atoms with E-state index in [0.29, 0.717) is 11.1 Å². The Morgan fingerprint density at radius 2 is 2.06 bits per heavy atom. The van der Waals surface area contributed by atoms with E-state index in [9.17, 15) is 0 Å². The Kier molecular flexibility index (Phi) is 7.14. The quantitative estimate of drug-likeness (QED) is 0.746. The van der Waals surface area contributed by atoms with Crippen LogP contribution >= 0.6 is 11.6 Å². The first-order chi connectivity index (χ1) is 8.72. The minimum absolute atomic E-state index is 0.399. The largest absolute Gasteiger partial charge is 0.495 e. The summed E-state index contributed by atoms with van der Waals surface area (Å²) in [5.41, 5.74) is 1.26. The first-order valence-corrected chi connectivity index (χ1v) is 7.17. The Labute approximate surface area is 116 Å². The molecule has 0 amide bonds. The van der Waals surface area contributed by atoms with E-state index >= 15 is 0 Å². The van der Waals surface area contributed by atoms with Crippen LogP contribution in [0.2, 0.25) is 5.02 Å². The van der Waals surface area contributed by atoms with Gasteiger partial charge in [0.15, 0.2) is 0 Å². The number of halogens is 1. The van der Waals surface area contributed by atoms with Crippen LogP contribution in [0.25, 0.3) is 0 Å². The van der Waals surface area contributed by atoms with Gasteiger partial charge in [0.1, 0.15) is 5.75 Å². The van der Waals surface area contributed by atoms with Crippen LogP contribution in [0.5, 0.6) is 5.75 Å². The molecule has 1 rings (SSSR count). The molecule has 0 saturated carbocycles. The fourth-order valence-electron chi connectivity index (χ4n) is 2.01. The monoisotopic (exact) mass is 269 g/mol. The summed E-state index contributed by atoms with van der Waals surface area (Å²) in [4.78, 5) is 0. The lowest BCUT2D eigenvalue weighted by atomic mass is 10.0. The van der Waals surface area contributed by atoms with Crippen molar-refractivity contribution in [2.45, 2.75) is 45.6 Å². The topological polar surface area (TPSA) is 21.3 Å². The van der Waals surface area contributed by atoms with Crippen LogP contribution in [0.1, 0.15) is 51.1 Å². The van der Waals surface area contributed by atoms with E-state index in [2.05, 4.69) is 25.2 Å². The van der Waals surface area contributed by atoms with E-state index in [4.69, 9.17) is 16.3 Å². The number of unbranched alkanes of at least 4 members (excludes halogenated alkanes) is 1. The van der Waals surface area contributed by atoms with E-state index < -0.39 is 0 Å². The first kappa shape index (κ1) is 15.3. The van der Waals surface area contributed by atoms with Crippen LogP contribution in [0.3, 0.4) is 0 Å². The van der Waals surface area contributed by atoms with Crippen LogP contribution < -0.4 is 10.1 Å². The van der Waals surface area contributed by atoms with Crippen LogP contribution in [0, 0.1) is 0 Å². The highest BCUT2D eigenvalue weighted by Gasteiger charge is 2.12. The second-order valence-corrected chi connectivity index (χ2v) is 4.95. The van der Waals surface area contributed by atoms with E-state index in [1.54, 1.807) is 7.11 Å². The van der Waals surface area contributed by atoms with Crippen molar-refractivity contribution in [2.75, 3.05) is 13.7 Å². The van der Waals surface area contributed by atoms with Crippen molar-refractivity contribution in [1.82, 2.24) is 5.32 Å². The summed E-state index contributed by atoms with van der Waals surface area (Å²) in [6.45, 7) is 5.45. The van der Waals surface area contributed by atoms with Crippen molar-refractivity contribution in [3.8, 4) is 5.75 Å². The lowest BCUT2D eigenvalue weighted by Crippen LogP contribution is -2.22. The molecule has 1 atom stereocenters. The SMILES string of the molecule is CCCCC(NCCC)c1ccc(Cl)c(OC)c1. The fourth-order valence-corrected chi connectivity index (χ4v) is 2.20. The molecule has 0 radical (unpaired) electrons. The van der Waals surface area contributed by atoms with E-state index in [-0.39, 0.29) is 0 Å². The third-order valence-electron chi connectivity index (χ3n) is 3.06. The summed E-state index contributed by atoms with van der Waals surface area (Å²) in [5, 5.41) is 4.26. The third-order valence-corrected chi connectivity index (χ3v) is 3.38. The number of ether oxygens (including phenoxy) is 1. The van der Waals surface area contributed by atoms with Gasteiger partial charge in [0, 0.05) is 6.04 Å². The van der Waals surface area contributed by atoms with Crippen molar-refractivity contribution in [3.63, 3.8) is 0 Å². The Morgan fingerprint density at radius 1 is 1.28 bits per heavy atom. The predicted octanol–water partition coefficient (Wildman–Crippen LogP) is 4.58. The molecule has 0 bridgehead atoms. The van der Waals surface area contributed by atoms with Crippen LogP contribution in [0.15, 0.2) is 18.2 Å². The van der Waals surface area contributed by atoms with Crippen molar-refractivity contribution in [3.05, 3.63) is 28.8 Å². The van der Waals surface area contributed by atoms with E-state index in [1.165, 1.54) is 18.4 Å². The Bertz CT molecular complexity index is 346. The number of hydrogen-bond acceptors (Lipinski definition) is 2. The Morgan fingerprint density at radius 3 is 2.67 bits per heavy atom. The normalized spacial score (nSPS) is 12.4. The zero-order valence-electron chi connectivity index (χ0n) is 11.6. The molecule has 1 unspecified atom stereocenters. The molecule has 0 aromatic heterocycles. The summed E-state index contributed by atoms with van der Waals surface area (Å²) in [6, 6.07) is 6.46. The maximum absolute atomic E-state index is 6.06. The first-order valence-electron chi connectivity index (χ1n) is 6.79. The fraction of sp³-hybridized carbons (Fsp3) is 0.600. The van der Waals surface area contributed by atoms with Crippen LogP contribution in [0.4, 0.5) is 0 Å². The smallest absolute Gasteiger partial charge is 0.137 e. The molecular weight excluding hydrogens is 246 g/mol. The highest BCUT2D eigenvalue weighted by atomic mass is 35.5. The highest BCUT2D eigenvalue weighted by molar-refractivity contribution is 6.32. The van der Waals surface area contributed by atoms with Gasteiger partial charge in [0.25, 0.3) is 0 Å². The maximum Gasteiger partial charge on any atom is 0.137 e. The van der Waals surface area contributed by atoms with Gasteiger partial charge in [-0.25, -0.2) is 0 Å². The predicted molar refractivity (Wildman–Crippen MR) is 78.6 cm³/mol. The second kappa shape index (κ2) is 8.39. The standard InChI is InChI=1S/C15H24ClNO/c1-4-6-7-14(17-10-5-2)12-8-9-13(16)15(11-12)18-3/h8-9,11,14,17H,4-7,10H2,1-3H3. The van der Waals surface area contributed by atoms with Crippen molar-refractivity contribution in [2.24, 2.45) is 0 Å². The van der Waals surface area contributed by atoms with Gasteiger partial charge < -0.3 is 10.1 Å². The molecule has 0 aliphatic rings. The van der Waals surface area contributed by atoms with Crippen LogP contribution in [-0.4, -0.2) is 13.7 Å². The zero-order valence-corrected chi connectivity index (χ0v) is 12.4. The molecule has 0 heterocycles. The summed E-state index contributed by atoms with van der Waals surface area (Å²) >= 11 is 6.06. The zero-order chi connectivity index (χ0) is 13.4. The summed E-state index contributed by atoms with van der Waals surface area (Å²) in [6.07, 6.45) is 4.75. The van der Waals surface area contributed by atoms with Gasteiger partial charge >= 0.3 is 0 Å². The molecule has 0 aliphatic heterocycles. The van der Waals surface area contributed by atoms with Gasteiger partial charge in [-0.2, -0.15) is 0 Å². The number of benzene rings is 1. The lowest BCUT2D eigenvalue weighted by molar-refractivity contribution is 0.412. The Hall–Kier alpha value is -0.730. The molecule has 1 N–H and O–H groups in total. The molecule has 0 saturated heterocycles. The van der Waals surface area contributed by atoms with Gasteiger partial charge in [0.2, 0.25) is 0 Å². The van der Waals surface area contributed by atoms with Crippen molar-refractivity contribution < 1.29 is 4.74 Å². The average molecular weight is 270 g/mol. The van der Waals surface area contributed by atoms with Gasteiger partial charge in [-0.05, 0) is 37.1 Å². The summed E-state index contributed by atoms with van der Waals surface area (Å²) in [7, 11) is 1.66. The molecule has 1 aromatic rings. The average Bonchev–Trinajstić information content (AvgIpc) is 2.40. The second-order valence-electron chi connectivity index (χ2n) is 4.54. The number of rotatable bonds is 8. The minimum Gasteiger partial charge on any atom is -0.495 e. The van der Waals surface area contributed by atoms with Gasteiger partial charge in [-0.1, -0.05) is 44.4 Å². The number of hydrogen-bond donors (Lipinski definition) is 1. The number of methoxy groups -OCH3 is 1. The van der Waals surface area contributed by atoms with Crippen molar-refractivity contribution in [1.29, 1.82) is 0 Å². The Balaban J connectivity index is 2.82. The lowest BCUT2D eigenvalue weighted by Gasteiger charge is -2.19. The van der Waals surface area contributed by atoms with Gasteiger partial charge in [-0.15, -0.1) is 0 Å². The minimum atomic E-state index is 0.399. The molecule has 3 heteroatoms. The molecule has 0 aliphatic carbocycles. The van der Waals surface area contributed by atoms with E-state index in [1.807, 2.05) is 12.1 Å². The number of nitrogens with one attached hydrogen (secondary N) is 1. The maximum atomic E-state index is 6.06. The van der Waals surface area contributed by atoms with Gasteiger partial charge in [0.05, 0.1) is 12.1 Å². The van der Waals surface area contributed by atoms with Gasteiger partial charge in [-0.3, -0.25) is 0 Å². The summed E-state index contributed by atoms with van der Waals surface area (Å²) in [5.74, 6) is 0.758. The van der Waals surface area contributed by atoms with E-state index in [0.717, 1.165) is 25.1 Å². The highest BCUT2D eigenvalue weighted by Crippen LogP contribution is 2.29. The molecule has 102 valence electrons. The van der Waals surface area contributed by atoms with Crippen LogP contribution in [-0.2, 0) is 0 Å². The molecular formula is C15H24ClNO.